The van der Waals surface area contributed by atoms with E-state index >= 15 is 0 Å². The van der Waals surface area contributed by atoms with Crippen molar-refractivity contribution < 1.29 is 0 Å². The van der Waals surface area contributed by atoms with E-state index in [2.05, 4.69) is 15.9 Å². The molecule has 0 unspecified atom stereocenters. The lowest BCUT2D eigenvalue weighted by molar-refractivity contribution is 1.64. The molecule has 1 aromatic rings. The van der Waals surface area contributed by atoms with Crippen molar-refractivity contribution in [1.29, 1.82) is 0 Å². The fourth-order valence-corrected chi connectivity index (χ4v) is 1.02. The number of nitrogens with two attached hydrogens (primary N) is 1. The third-order valence-corrected chi connectivity index (χ3v) is 1.50. The first-order valence-corrected chi connectivity index (χ1v) is 3.87. The molecule has 10 heavy (non-hydrogen) atoms. The van der Waals surface area contributed by atoms with Crippen molar-refractivity contribution in [2.45, 2.75) is 0 Å². The van der Waals surface area contributed by atoms with Crippen LogP contribution in [0.3, 0.4) is 0 Å². The van der Waals surface area contributed by atoms with E-state index in [-0.39, 0.29) is 0 Å². The molecule has 0 fully saturated rings. The molecule has 0 aliphatic carbocycles. The van der Waals surface area contributed by atoms with Gasteiger partial charge in [0.25, 0.3) is 0 Å². The molecule has 1 aromatic carbocycles. The van der Waals surface area contributed by atoms with Crippen LogP contribution in [0.4, 0.5) is 5.69 Å². The third kappa shape index (κ3) is 1.61. The SMILES string of the molecule is Nc1ccccc1/C=C/Br. The van der Waals surface area contributed by atoms with E-state index in [1.807, 2.05) is 30.3 Å². The lowest BCUT2D eigenvalue weighted by Gasteiger charge is -1.96. The van der Waals surface area contributed by atoms with Crippen molar-refractivity contribution in [3.8, 4) is 0 Å². The average molecular weight is 198 g/mol. The van der Waals surface area contributed by atoms with Gasteiger partial charge >= 0.3 is 0 Å². The fourth-order valence-electron chi connectivity index (χ4n) is 0.731. The summed E-state index contributed by atoms with van der Waals surface area (Å²) in [5.41, 5.74) is 7.48. The first-order chi connectivity index (χ1) is 4.84. The van der Waals surface area contributed by atoms with Crippen molar-refractivity contribution in [2.24, 2.45) is 0 Å². The van der Waals surface area contributed by atoms with E-state index in [0.717, 1.165) is 11.3 Å². The lowest BCUT2D eigenvalue weighted by atomic mass is 10.2. The Bertz CT molecular complexity index is 243. The van der Waals surface area contributed by atoms with E-state index in [4.69, 9.17) is 5.73 Å². The van der Waals surface area contributed by atoms with Gasteiger partial charge in [-0.1, -0.05) is 34.1 Å². The van der Waals surface area contributed by atoms with E-state index in [1.54, 1.807) is 4.99 Å². The zero-order chi connectivity index (χ0) is 7.40. The molecule has 0 bridgehead atoms. The maximum absolute atomic E-state index is 5.63. The second-order valence-electron chi connectivity index (χ2n) is 1.92. The van der Waals surface area contributed by atoms with Crippen LogP contribution >= 0.6 is 15.9 Å². The standard InChI is InChI=1S/C8H8BrN/c9-6-5-7-3-1-2-4-8(7)10/h1-6H,10H2/b6-5+. The fraction of sp³-hybridized carbons (Fsp3) is 0. The monoisotopic (exact) mass is 197 g/mol. The number of anilines is 1. The Labute approximate surface area is 68.7 Å². The van der Waals surface area contributed by atoms with Crippen LogP contribution in [0.25, 0.3) is 6.08 Å². The average Bonchev–Trinajstić information content (AvgIpc) is 1.94. The second-order valence-corrected chi connectivity index (χ2v) is 2.45. The van der Waals surface area contributed by atoms with Crippen LogP contribution < -0.4 is 5.73 Å². The predicted molar refractivity (Wildman–Crippen MR) is 48.8 cm³/mol. The second kappa shape index (κ2) is 3.42. The molecular formula is C8H8BrN. The van der Waals surface area contributed by atoms with Gasteiger partial charge in [0.2, 0.25) is 0 Å². The number of para-hydroxylation sites is 1. The number of rotatable bonds is 1. The Morgan fingerprint density at radius 2 is 2.00 bits per heavy atom. The highest BCUT2D eigenvalue weighted by Gasteiger charge is 1.88. The molecule has 0 saturated carbocycles. The summed E-state index contributed by atoms with van der Waals surface area (Å²) in [5.74, 6) is 0. The minimum Gasteiger partial charge on any atom is -0.398 e. The van der Waals surface area contributed by atoms with Crippen LogP contribution in [0.5, 0.6) is 0 Å². The van der Waals surface area contributed by atoms with Gasteiger partial charge in [-0.05, 0) is 22.7 Å². The zero-order valence-electron chi connectivity index (χ0n) is 5.42. The summed E-state index contributed by atoms with van der Waals surface area (Å²) in [4.78, 5) is 1.79. The predicted octanol–water partition coefficient (Wildman–Crippen LogP) is 2.63. The van der Waals surface area contributed by atoms with Crippen LogP contribution in [0.2, 0.25) is 0 Å². The van der Waals surface area contributed by atoms with Crippen molar-refractivity contribution in [2.75, 3.05) is 5.73 Å². The number of nitrogen functional groups attached to an aromatic ring is 1. The summed E-state index contributed by atoms with van der Waals surface area (Å²) >= 11 is 3.18. The zero-order valence-corrected chi connectivity index (χ0v) is 7.01. The number of halogens is 1. The molecule has 0 atom stereocenters. The van der Waals surface area contributed by atoms with Gasteiger partial charge in [-0.3, -0.25) is 0 Å². The van der Waals surface area contributed by atoms with E-state index < -0.39 is 0 Å². The molecule has 0 radical (unpaired) electrons. The molecule has 0 heterocycles. The van der Waals surface area contributed by atoms with Crippen molar-refractivity contribution in [3.05, 3.63) is 34.8 Å². The molecular weight excluding hydrogens is 190 g/mol. The summed E-state index contributed by atoms with van der Waals surface area (Å²) < 4.78 is 0. The molecule has 2 heteroatoms. The van der Waals surface area contributed by atoms with Crippen LogP contribution in [0.15, 0.2) is 29.3 Å². The first-order valence-electron chi connectivity index (χ1n) is 2.96. The molecule has 0 aliphatic rings. The van der Waals surface area contributed by atoms with Gasteiger partial charge in [0, 0.05) is 5.69 Å². The Morgan fingerprint density at radius 1 is 1.30 bits per heavy atom. The van der Waals surface area contributed by atoms with Crippen molar-refractivity contribution >= 4 is 27.7 Å². The third-order valence-electron chi connectivity index (χ3n) is 1.24. The van der Waals surface area contributed by atoms with Crippen molar-refractivity contribution in [1.82, 2.24) is 0 Å². The van der Waals surface area contributed by atoms with Gasteiger partial charge in [0.15, 0.2) is 0 Å². The molecule has 1 nitrogen and oxygen atoms in total. The molecule has 0 saturated heterocycles. The van der Waals surface area contributed by atoms with E-state index in [9.17, 15) is 0 Å². The Balaban J connectivity index is 3.03. The summed E-state index contributed by atoms with van der Waals surface area (Å²) in [5, 5.41) is 0. The normalized spacial score (nSPS) is 10.5. The minimum absolute atomic E-state index is 0.804. The number of benzene rings is 1. The van der Waals surface area contributed by atoms with Gasteiger partial charge in [-0.15, -0.1) is 0 Å². The van der Waals surface area contributed by atoms with Crippen LogP contribution in [0.1, 0.15) is 5.56 Å². The summed E-state index contributed by atoms with van der Waals surface area (Å²) in [6.45, 7) is 0. The largest absolute Gasteiger partial charge is 0.398 e. The van der Waals surface area contributed by atoms with Crippen LogP contribution in [-0.4, -0.2) is 0 Å². The molecule has 52 valence electrons. The molecule has 0 spiro atoms. The quantitative estimate of drug-likeness (QED) is 0.689. The van der Waals surface area contributed by atoms with Crippen LogP contribution in [-0.2, 0) is 0 Å². The molecule has 0 aliphatic heterocycles. The Morgan fingerprint density at radius 3 is 2.60 bits per heavy atom. The van der Waals surface area contributed by atoms with Gasteiger partial charge in [0.05, 0.1) is 0 Å². The highest BCUT2D eigenvalue weighted by molar-refractivity contribution is 9.11. The topological polar surface area (TPSA) is 26.0 Å². The molecule has 0 amide bonds. The summed E-state index contributed by atoms with van der Waals surface area (Å²) in [6.07, 6.45) is 1.91. The van der Waals surface area contributed by atoms with Gasteiger partial charge in [-0.2, -0.15) is 0 Å². The smallest absolute Gasteiger partial charge is 0.0387 e. The first kappa shape index (κ1) is 7.35. The molecule has 2 N–H and O–H groups in total. The Kier molecular flexibility index (Phi) is 2.51. The minimum atomic E-state index is 0.804. The summed E-state index contributed by atoms with van der Waals surface area (Å²) in [7, 11) is 0. The highest BCUT2D eigenvalue weighted by atomic mass is 79.9. The van der Waals surface area contributed by atoms with Crippen molar-refractivity contribution in [3.63, 3.8) is 0 Å². The number of hydrogen-bond donors (Lipinski definition) is 1. The maximum Gasteiger partial charge on any atom is 0.0387 e. The van der Waals surface area contributed by atoms with Gasteiger partial charge in [0.1, 0.15) is 0 Å². The molecule has 1 rings (SSSR count). The summed E-state index contributed by atoms with van der Waals surface area (Å²) in [6, 6.07) is 7.72. The Hall–Kier alpha value is -0.760. The highest BCUT2D eigenvalue weighted by Crippen LogP contribution is 2.12. The van der Waals surface area contributed by atoms with Gasteiger partial charge < -0.3 is 5.73 Å². The van der Waals surface area contributed by atoms with Crippen LogP contribution in [0, 0.1) is 0 Å². The number of hydrogen-bond acceptors (Lipinski definition) is 1. The lowest BCUT2D eigenvalue weighted by Crippen LogP contribution is -1.86. The van der Waals surface area contributed by atoms with E-state index in [1.165, 1.54) is 0 Å². The van der Waals surface area contributed by atoms with E-state index in [0.29, 0.717) is 0 Å². The molecule has 0 aromatic heterocycles. The van der Waals surface area contributed by atoms with Gasteiger partial charge in [-0.25, -0.2) is 0 Å². The maximum atomic E-state index is 5.63.